The number of hydrogen-bond acceptors (Lipinski definition) is 2. The Bertz CT molecular complexity index is 1930. The van der Waals surface area contributed by atoms with Crippen LogP contribution in [0.3, 0.4) is 0 Å². The average Bonchev–Trinajstić information content (AvgIpc) is 1.61. The quantitative estimate of drug-likeness (QED) is 0.171. The molecule has 15 aliphatic carbocycles. The van der Waals surface area contributed by atoms with Crippen molar-refractivity contribution in [3.05, 3.63) is 0 Å². The van der Waals surface area contributed by atoms with E-state index >= 15 is 0 Å². The molecule has 0 bridgehead atoms. The lowest BCUT2D eigenvalue weighted by atomic mass is 9.57. The summed E-state index contributed by atoms with van der Waals surface area (Å²) in [5.41, 5.74) is 0.493. The normalized spacial score (nSPS) is 45.3. The van der Waals surface area contributed by atoms with Crippen molar-refractivity contribution in [1.82, 2.24) is 9.80 Å². The molecule has 2 heteroatoms. The van der Waals surface area contributed by atoms with Crippen molar-refractivity contribution >= 4 is 0 Å². The van der Waals surface area contributed by atoms with Gasteiger partial charge in [-0.1, -0.05) is 206 Å². The first-order valence-electron chi connectivity index (χ1n) is 43.4. The van der Waals surface area contributed by atoms with Gasteiger partial charge in [-0.2, -0.15) is 0 Å². The number of nitrogens with zero attached hydrogens (tertiary/aromatic N) is 2. The second kappa shape index (κ2) is 30.4. The highest BCUT2D eigenvalue weighted by Crippen LogP contribution is 2.65. The zero-order chi connectivity index (χ0) is 59.7. The van der Waals surface area contributed by atoms with E-state index in [1.165, 1.54) is 64.2 Å². The van der Waals surface area contributed by atoms with Crippen LogP contribution < -0.4 is 0 Å². The van der Waals surface area contributed by atoms with Crippen LogP contribution in [-0.2, 0) is 0 Å². The van der Waals surface area contributed by atoms with Crippen molar-refractivity contribution in [2.24, 2.45) is 124 Å². The van der Waals surface area contributed by atoms with Gasteiger partial charge in [0.15, 0.2) is 0 Å². The lowest BCUT2D eigenvalue weighted by Crippen LogP contribution is -2.54. The molecule has 0 radical (unpaired) electrons. The van der Waals surface area contributed by atoms with E-state index in [9.17, 15) is 0 Å². The molecule has 89 heavy (non-hydrogen) atoms. The fourth-order valence-corrected chi connectivity index (χ4v) is 30.3. The molecule has 15 aliphatic rings. The van der Waals surface area contributed by atoms with Crippen molar-refractivity contribution in [3.63, 3.8) is 0 Å². The van der Waals surface area contributed by atoms with E-state index in [2.05, 4.69) is 23.6 Å². The summed E-state index contributed by atoms with van der Waals surface area (Å²) in [5, 5.41) is 0. The van der Waals surface area contributed by atoms with Gasteiger partial charge in [-0.25, -0.2) is 0 Å². The molecule has 0 aromatic carbocycles. The molecule has 15 fully saturated rings. The molecule has 506 valence electrons. The molecule has 2 nitrogen and oxygen atoms in total. The Morgan fingerprint density at radius 2 is 0.382 bits per heavy atom. The lowest BCUT2D eigenvalue weighted by Gasteiger charge is -2.53. The summed E-state index contributed by atoms with van der Waals surface area (Å²) in [4.78, 5) is 6.99. The van der Waals surface area contributed by atoms with E-state index in [0.29, 0.717) is 5.41 Å². The van der Waals surface area contributed by atoms with E-state index in [1.54, 1.807) is 308 Å². The van der Waals surface area contributed by atoms with Crippen LogP contribution in [0.1, 0.15) is 386 Å². The minimum Gasteiger partial charge on any atom is -0.294 e. The van der Waals surface area contributed by atoms with E-state index in [0.717, 1.165) is 155 Å². The minimum absolute atomic E-state index is 0.493. The molecule has 0 amide bonds. The van der Waals surface area contributed by atoms with Gasteiger partial charge in [0.05, 0.1) is 0 Å². The molecule has 0 aromatic heterocycles. The third-order valence-electron chi connectivity index (χ3n) is 34.7. The second-order valence-corrected chi connectivity index (χ2v) is 38.7. The first-order chi connectivity index (χ1) is 43.9. The van der Waals surface area contributed by atoms with Gasteiger partial charge < -0.3 is 0 Å². The Labute approximate surface area is 553 Å². The lowest BCUT2D eigenvalue weighted by molar-refractivity contribution is -0.0332. The highest BCUT2D eigenvalue weighted by Gasteiger charge is 2.60. The van der Waals surface area contributed by atoms with Crippen LogP contribution in [-0.4, -0.2) is 46.1 Å². The second-order valence-electron chi connectivity index (χ2n) is 38.7. The third kappa shape index (κ3) is 14.5. The molecular formula is C87H148N2. The van der Waals surface area contributed by atoms with E-state index in [4.69, 9.17) is 0 Å². The SMILES string of the molecule is CC1(C)C2CC(N(C3CCC(C4CCCCC4)CC3)C3CCC(C4CCC(C5CCCCC5)C(C5CCCCC5)C4)CC3)CCC2C2CCC(N(C3CCC(C4CCCCC4)CC3)C3CCC(C4CCC(C5CCCCC5)C(C5CCCCC5)C4)CC3)CC21. The minimum atomic E-state index is 0.493. The monoisotopic (exact) mass is 1220 g/mol. The molecule has 15 saturated carbocycles. The van der Waals surface area contributed by atoms with E-state index in [-0.39, 0.29) is 0 Å². The third-order valence-corrected chi connectivity index (χ3v) is 34.7. The van der Waals surface area contributed by atoms with Crippen molar-refractivity contribution in [3.8, 4) is 0 Å². The molecule has 0 N–H and O–H groups in total. The van der Waals surface area contributed by atoms with Crippen LogP contribution >= 0.6 is 0 Å². The average molecular weight is 1220 g/mol. The zero-order valence-corrected chi connectivity index (χ0v) is 59.4. The van der Waals surface area contributed by atoms with E-state index < -0.39 is 0 Å². The molecule has 12 atom stereocenters. The van der Waals surface area contributed by atoms with Crippen LogP contribution in [0.15, 0.2) is 0 Å². The number of rotatable bonds is 14. The maximum absolute atomic E-state index is 3.50. The van der Waals surface area contributed by atoms with Gasteiger partial charge in [0, 0.05) is 36.3 Å². The fraction of sp³-hybridized carbons (Fsp3) is 1.00. The highest BCUT2D eigenvalue weighted by atomic mass is 15.2. The van der Waals surface area contributed by atoms with Crippen molar-refractivity contribution in [2.75, 3.05) is 0 Å². The van der Waals surface area contributed by atoms with E-state index in [1.807, 2.05) is 0 Å². The largest absolute Gasteiger partial charge is 0.294 e. The van der Waals surface area contributed by atoms with Gasteiger partial charge in [-0.3, -0.25) is 9.80 Å². The molecule has 0 spiro atoms. The van der Waals surface area contributed by atoms with Crippen LogP contribution in [0.4, 0.5) is 0 Å². The Kier molecular flexibility index (Phi) is 22.1. The summed E-state index contributed by atoms with van der Waals surface area (Å²) in [6.45, 7) is 5.87. The Morgan fingerprint density at radius 3 is 0.674 bits per heavy atom. The standard InChI is InChI=1S/C87H148N2/c1-87(2)85-59-77(88(73-43-33-63(34-44-73)61-21-9-3-10-22-61)75-47-37-65(38-48-75)71-41-53-79(67-25-13-5-14-26-67)83(57-71)69-29-17-7-18-30-69)51-55-81(85)82-56-52-78(60-86(82)87)89(74-45-35-64(36-46-74)62-23-11-4-12-24-62)76-49-39-66(40-50-76)72-42-54-80(68-27-15-6-16-28-68)84(58-72)70-31-19-8-20-32-70/h61-86H,3-60H2,1-2H3. The first kappa shape index (κ1) is 64.9. The highest BCUT2D eigenvalue weighted by molar-refractivity contribution is 5.11. The Hall–Kier alpha value is -0.0800. The summed E-state index contributed by atoms with van der Waals surface area (Å²) in [6, 6.07) is 5.30. The molecule has 15 rings (SSSR count). The van der Waals surface area contributed by atoms with Crippen LogP contribution in [0.25, 0.3) is 0 Å². The Balaban J connectivity index is 0.626. The predicted octanol–water partition coefficient (Wildman–Crippen LogP) is 25.0. The van der Waals surface area contributed by atoms with Gasteiger partial charge in [-0.05, 0) is 304 Å². The zero-order valence-electron chi connectivity index (χ0n) is 59.4. The maximum atomic E-state index is 3.50. The molecule has 12 unspecified atom stereocenters. The maximum Gasteiger partial charge on any atom is 0.0104 e. The van der Waals surface area contributed by atoms with Crippen molar-refractivity contribution in [2.45, 2.75) is 423 Å². The van der Waals surface area contributed by atoms with Crippen LogP contribution in [0.2, 0.25) is 0 Å². The molecule has 0 aromatic rings. The molecule has 0 saturated heterocycles. The number of hydrogen-bond donors (Lipinski definition) is 0. The molecule has 0 heterocycles. The van der Waals surface area contributed by atoms with Gasteiger partial charge in [-0.15, -0.1) is 0 Å². The summed E-state index contributed by atoms with van der Waals surface area (Å²) in [7, 11) is 0. The van der Waals surface area contributed by atoms with Crippen molar-refractivity contribution in [1.29, 1.82) is 0 Å². The van der Waals surface area contributed by atoms with Gasteiger partial charge in [0.25, 0.3) is 0 Å². The predicted molar refractivity (Wildman–Crippen MR) is 378 cm³/mol. The van der Waals surface area contributed by atoms with Gasteiger partial charge in [0.2, 0.25) is 0 Å². The van der Waals surface area contributed by atoms with Crippen LogP contribution in [0.5, 0.6) is 0 Å². The van der Waals surface area contributed by atoms with Crippen LogP contribution in [0, 0.1) is 124 Å². The summed E-state index contributed by atoms with van der Waals surface area (Å²) < 4.78 is 0. The summed E-state index contributed by atoms with van der Waals surface area (Å²) >= 11 is 0. The van der Waals surface area contributed by atoms with Gasteiger partial charge >= 0.3 is 0 Å². The summed E-state index contributed by atoms with van der Waals surface area (Å²) in [6.07, 6.45) is 91.1. The summed E-state index contributed by atoms with van der Waals surface area (Å²) in [5.74, 6) is 21.2. The molecule has 0 aliphatic heterocycles. The van der Waals surface area contributed by atoms with Gasteiger partial charge in [0.1, 0.15) is 0 Å². The number of fused-ring (bicyclic) bond motifs is 3. The first-order valence-corrected chi connectivity index (χ1v) is 43.4. The fourth-order valence-electron chi connectivity index (χ4n) is 30.3. The Morgan fingerprint density at radius 1 is 0.169 bits per heavy atom. The topological polar surface area (TPSA) is 6.48 Å². The van der Waals surface area contributed by atoms with Crippen molar-refractivity contribution < 1.29 is 0 Å². The smallest absolute Gasteiger partial charge is 0.0104 e. The molecular weight excluding hydrogens is 1070 g/mol.